The number of nitrogens with two attached hydrogens (primary N) is 1. The Morgan fingerprint density at radius 1 is 1.10 bits per heavy atom. The highest BCUT2D eigenvalue weighted by molar-refractivity contribution is 5.80. The van der Waals surface area contributed by atoms with Crippen LogP contribution in [0.15, 0.2) is 66.0 Å². The molecule has 0 amide bonds. The molecule has 30 heavy (non-hydrogen) atoms. The van der Waals surface area contributed by atoms with Gasteiger partial charge in [0, 0.05) is 6.42 Å². The first-order valence-corrected chi connectivity index (χ1v) is 9.24. The molecule has 0 saturated heterocycles. The van der Waals surface area contributed by atoms with Crippen molar-refractivity contribution in [3.05, 3.63) is 83.2 Å². The van der Waals surface area contributed by atoms with Crippen molar-refractivity contribution in [2.75, 3.05) is 5.73 Å². The summed E-state index contributed by atoms with van der Waals surface area (Å²) < 4.78 is 14.9. The van der Waals surface area contributed by atoms with Gasteiger partial charge in [0.1, 0.15) is 23.5 Å². The average Bonchev–Trinajstić information content (AvgIpc) is 3.25. The molecule has 5 aromatic rings. The van der Waals surface area contributed by atoms with Crippen molar-refractivity contribution in [3.63, 3.8) is 0 Å². The van der Waals surface area contributed by atoms with Crippen LogP contribution in [0.4, 0.5) is 10.2 Å². The fraction of sp³-hybridized carbons (Fsp3) is 0.0952. The van der Waals surface area contributed by atoms with E-state index < -0.39 is 5.82 Å². The fourth-order valence-corrected chi connectivity index (χ4v) is 3.07. The van der Waals surface area contributed by atoms with Gasteiger partial charge in [-0.25, -0.2) is 24.3 Å². The Morgan fingerprint density at radius 2 is 1.90 bits per heavy atom. The number of fused-ring (bicyclic) bond motifs is 2. The first-order valence-electron chi connectivity index (χ1n) is 9.24. The normalized spacial score (nSPS) is 10.7. The summed E-state index contributed by atoms with van der Waals surface area (Å²) in [4.78, 5) is 31.4. The molecule has 3 N–H and O–H groups in total. The van der Waals surface area contributed by atoms with Gasteiger partial charge in [0.2, 0.25) is 0 Å². The van der Waals surface area contributed by atoms with E-state index in [-0.39, 0.29) is 5.56 Å². The first-order chi connectivity index (χ1) is 14.6. The SMILES string of the molecule is CCc1nc2ccc(F)cc2c(=O)n1-c1ccccc1.Nc1ncnc2nc[nH]c12. The third-order valence-corrected chi connectivity index (χ3v) is 4.48. The number of benzene rings is 2. The van der Waals surface area contributed by atoms with Crippen LogP contribution < -0.4 is 11.3 Å². The van der Waals surface area contributed by atoms with E-state index in [1.54, 1.807) is 10.6 Å². The molecule has 0 bridgehead atoms. The maximum absolute atomic E-state index is 13.4. The molecule has 0 aliphatic carbocycles. The lowest BCUT2D eigenvalue weighted by Crippen LogP contribution is -2.23. The second-order valence-electron chi connectivity index (χ2n) is 6.38. The molecule has 0 saturated carbocycles. The number of aromatic amines is 1. The highest BCUT2D eigenvalue weighted by Crippen LogP contribution is 2.14. The summed E-state index contributed by atoms with van der Waals surface area (Å²) >= 11 is 0. The second-order valence-corrected chi connectivity index (χ2v) is 6.38. The Hall–Kier alpha value is -4.14. The van der Waals surface area contributed by atoms with Crippen LogP contribution >= 0.6 is 0 Å². The van der Waals surface area contributed by atoms with E-state index >= 15 is 0 Å². The van der Waals surface area contributed by atoms with Crippen LogP contribution in [0.1, 0.15) is 12.7 Å². The molecule has 0 spiro atoms. The molecule has 3 aromatic heterocycles. The third-order valence-electron chi connectivity index (χ3n) is 4.48. The number of aryl methyl sites for hydroxylation is 1. The molecule has 8 nitrogen and oxygen atoms in total. The highest BCUT2D eigenvalue weighted by Gasteiger charge is 2.11. The van der Waals surface area contributed by atoms with E-state index in [1.165, 1.54) is 24.8 Å². The third kappa shape index (κ3) is 3.60. The Morgan fingerprint density at radius 3 is 2.63 bits per heavy atom. The van der Waals surface area contributed by atoms with Gasteiger partial charge in [0.15, 0.2) is 11.5 Å². The summed E-state index contributed by atoms with van der Waals surface area (Å²) in [6.45, 7) is 1.94. The molecular formula is C21H18FN7O. The zero-order chi connectivity index (χ0) is 21.1. The van der Waals surface area contributed by atoms with Crippen molar-refractivity contribution in [1.29, 1.82) is 0 Å². The summed E-state index contributed by atoms with van der Waals surface area (Å²) in [5, 5.41) is 0.297. The molecule has 2 aromatic carbocycles. The topological polar surface area (TPSA) is 115 Å². The van der Waals surface area contributed by atoms with Crippen LogP contribution in [0, 0.1) is 5.82 Å². The van der Waals surface area contributed by atoms with Crippen molar-refractivity contribution in [1.82, 2.24) is 29.5 Å². The standard InChI is InChI=1S/C16H13FN2O.C5H5N5/c1-2-15-18-14-9-8-11(17)10-13(14)16(20)19(15)12-6-4-3-5-7-12;6-4-3-5(9-1-7-3)10-2-8-4/h3-10H,2H2,1H3;1-2H,(H3,6,7,8,9,10). The molecule has 0 fully saturated rings. The number of anilines is 1. The lowest BCUT2D eigenvalue weighted by molar-refractivity contribution is 0.629. The van der Waals surface area contributed by atoms with Crippen LogP contribution in [0.25, 0.3) is 27.8 Å². The predicted molar refractivity (Wildman–Crippen MR) is 113 cm³/mol. The quantitative estimate of drug-likeness (QED) is 0.468. The molecule has 9 heteroatoms. The minimum atomic E-state index is -0.430. The van der Waals surface area contributed by atoms with Crippen LogP contribution in [0.2, 0.25) is 0 Å². The van der Waals surface area contributed by atoms with Crippen molar-refractivity contribution in [2.24, 2.45) is 0 Å². The monoisotopic (exact) mass is 403 g/mol. The van der Waals surface area contributed by atoms with E-state index in [9.17, 15) is 9.18 Å². The largest absolute Gasteiger partial charge is 0.382 e. The number of nitrogen functional groups attached to an aromatic ring is 1. The number of H-pyrrole nitrogens is 1. The van der Waals surface area contributed by atoms with Gasteiger partial charge in [-0.05, 0) is 30.3 Å². The van der Waals surface area contributed by atoms with Gasteiger partial charge < -0.3 is 10.7 Å². The molecule has 0 radical (unpaired) electrons. The Balaban J connectivity index is 0.000000181. The zero-order valence-corrected chi connectivity index (χ0v) is 16.1. The van der Waals surface area contributed by atoms with Gasteiger partial charge in [-0.2, -0.15) is 0 Å². The molecule has 0 unspecified atom stereocenters. The zero-order valence-electron chi connectivity index (χ0n) is 16.1. The molecule has 0 aliphatic heterocycles. The lowest BCUT2D eigenvalue weighted by atomic mass is 10.2. The van der Waals surface area contributed by atoms with E-state index in [4.69, 9.17) is 5.73 Å². The highest BCUT2D eigenvalue weighted by atomic mass is 19.1. The maximum atomic E-state index is 13.4. The number of imidazole rings is 1. The number of nitrogens with zero attached hydrogens (tertiary/aromatic N) is 5. The van der Waals surface area contributed by atoms with Crippen molar-refractivity contribution >= 4 is 27.9 Å². The van der Waals surface area contributed by atoms with E-state index in [2.05, 4.69) is 24.9 Å². The Kier molecular flexibility index (Phi) is 5.17. The van der Waals surface area contributed by atoms with Crippen molar-refractivity contribution in [2.45, 2.75) is 13.3 Å². The lowest BCUT2D eigenvalue weighted by Gasteiger charge is -2.12. The number of hydrogen-bond acceptors (Lipinski definition) is 6. The second kappa shape index (κ2) is 8.08. The molecule has 150 valence electrons. The number of nitrogens with one attached hydrogen (secondary N) is 1. The summed E-state index contributed by atoms with van der Waals surface area (Å²) in [7, 11) is 0. The fourth-order valence-electron chi connectivity index (χ4n) is 3.07. The number of para-hydroxylation sites is 1. The summed E-state index contributed by atoms with van der Waals surface area (Å²) in [5.41, 5.74) is 7.81. The van der Waals surface area contributed by atoms with Gasteiger partial charge >= 0.3 is 0 Å². The molecule has 5 rings (SSSR count). The molecule has 3 heterocycles. The van der Waals surface area contributed by atoms with Crippen molar-refractivity contribution < 1.29 is 4.39 Å². The van der Waals surface area contributed by atoms with E-state index in [1.807, 2.05) is 37.3 Å². The van der Waals surface area contributed by atoms with Crippen LogP contribution in [-0.2, 0) is 6.42 Å². The predicted octanol–water partition coefficient (Wildman–Crippen LogP) is 3.02. The first kappa shape index (κ1) is 19.2. The average molecular weight is 403 g/mol. The Bertz CT molecular complexity index is 1380. The van der Waals surface area contributed by atoms with Gasteiger partial charge in [0.25, 0.3) is 5.56 Å². The van der Waals surface area contributed by atoms with Gasteiger partial charge in [0.05, 0.1) is 22.9 Å². The van der Waals surface area contributed by atoms with Crippen LogP contribution in [0.5, 0.6) is 0 Å². The number of halogens is 1. The van der Waals surface area contributed by atoms with Crippen LogP contribution in [-0.4, -0.2) is 29.5 Å². The number of hydrogen-bond donors (Lipinski definition) is 2. The van der Waals surface area contributed by atoms with Gasteiger partial charge in [-0.1, -0.05) is 25.1 Å². The molecule has 0 aliphatic rings. The maximum Gasteiger partial charge on any atom is 0.266 e. The van der Waals surface area contributed by atoms with Crippen LogP contribution in [0.3, 0.4) is 0 Å². The Labute approximate surface area is 170 Å². The van der Waals surface area contributed by atoms with E-state index in [0.717, 1.165) is 5.69 Å². The molecular weight excluding hydrogens is 385 g/mol. The summed E-state index contributed by atoms with van der Waals surface area (Å²) in [5.74, 6) is 0.670. The minimum Gasteiger partial charge on any atom is -0.382 e. The van der Waals surface area contributed by atoms with Gasteiger partial charge in [-0.15, -0.1) is 0 Å². The number of aromatic nitrogens is 6. The summed E-state index contributed by atoms with van der Waals surface area (Å²) in [6, 6.07) is 13.4. The molecule has 0 atom stereocenters. The minimum absolute atomic E-state index is 0.238. The van der Waals surface area contributed by atoms with Crippen molar-refractivity contribution in [3.8, 4) is 5.69 Å². The number of rotatable bonds is 2. The van der Waals surface area contributed by atoms with E-state index in [0.29, 0.717) is 40.1 Å². The summed E-state index contributed by atoms with van der Waals surface area (Å²) in [6.07, 6.45) is 3.55. The smallest absolute Gasteiger partial charge is 0.266 e. The van der Waals surface area contributed by atoms with Gasteiger partial charge in [-0.3, -0.25) is 9.36 Å².